The van der Waals surface area contributed by atoms with Crippen molar-refractivity contribution < 1.29 is 24.1 Å². The highest BCUT2D eigenvalue weighted by Crippen LogP contribution is 2.51. The third-order valence-electron chi connectivity index (χ3n) is 7.63. The van der Waals surface area contributed by atoms with Crippen molar-refractivity contribution in [1.29, 1.82) is 0 Å². The zero-order valence-corrected chi connectivity index (χ0v) is 19.4. The summed E-state index contributed by atoms with van der Waals surface area (Å²) in [6.07, 6.45) is 2.09. The van der Waals surface area contributed by atoms with Gasteiger partial charge in [-0.2, -0.15) is 0 Å². The van der Waals surface area contributed by atoms with E-state index >= 15 is 0 Å². The average molecular weight is 456 g/mol. The minimum Gasteiger partial charge on any atom is -0.396 e. The van der Waals surface area contributed by atoms with Gasteiger partial charge >= 0.3 is 0 Å². The van der Waals surface area contributed by atoms with Crippen molar-refractivity contribution in [3.05, 3.63) is 71.5 Å². The van der Waals surface area contributed by atoms with Gasteiger partial charge in [-0.25, -0.2) is 4.39 Å². The fourth-order valence-electron chi connectivity index (χ4n) is 5.86. The van der Waals surface area contributed by atoms with Gasteiger partial charge in [0.1, 0.15) is 11.9 Å². The van der Waals surface area contributed by atoms with E-state index in [0.29, 0.717) is 31.2 Å². The quantitative estimate of drug-likeness (QED) is 0.695. The summed E-state index contributed by atoms with van der Waals surface area (Å²) in [5, 5.41) is 21.4. The maximum absolute atomic E-state index is 14.1. The average Bonchev–Trinajstić information content (AvgIpc) is 2.87. The van der Waals surface area contributed by atoms with Crippen LogP contribution in [0.5, 0.6) is 0 Å². The van der Waals surface area contributed by atoms with Crippen LogP contribution in [-0.4, -0.2) is 58.0 Å². The Labute approximate surface area is 195 Å². The van der Waals surface area contributed by atoms with E-state index in [-0.39, 0.29) is 24.9 Å². The monoisotopic (exact) mass is 455 g/mol. The van der Waals surface area contributed by atoms with Gasteiger partial charge in [-0.1, -0.05) is 48.5 Å². The number of amides is 1. The predicted octanol–water partition coefficient (Wildman–Crippen LogP) is 3.82. The molecule has 0 saturated carbocycles. The molecule has 2 N–H and O–H groups in total. The van der Waals surface area contributed by atoms with E-state index in [9.17, 15) is 19.4 Å². The molecule has 0 unspecified atom stereocenters. The molecule has 2 bridgehead atoms. The van der Waals surface area contributed by atoms with Crippen LogP contribution in [0.1, 0.15) is 56.1 Å². The van der Waals surface area contributed by atoms with Crippen molar-refractivity contribution in [2.24, 2.45) is 0 Å². The zero-order valence-electron chi connectivity index (χ0n) is 19.4. The number of carbonyl (C=O) groups is 1. The lowest BCUT2D eigenvalue weighted by atomic mass is 9.73. The van der Waals surface area contributed by atoms with Crippen LogP contribution in [0, 0.1) is 5.82 Å². The van der Waals surface area contributed by atoms with Crippen LogP contribution in [0.4, 0.5) is 4.39 Å². The number of carbonyl (C=O) groups excluding carboxylic acids is 1. The molecule has 0 spiro atoms. The molecule has 2 saturated heterocycles. The van der Waals surface area contributed by atoms with Crippen LogP contribution >= 0.6 is 0 Å². The Hall–Kier alpha value is -2.28. The van der Waals surface area contributed by atoms with Crippen LogP contribution in [0.3, 0.4) is 0 Å². The highest BCUT2D eigenvalue weighted by atomic mass is 19.1. The van der Waals surface area contributed by atoms with E-state index in [4.69, 9.17) is 4.74 Å². The standard InChI is InChI=1S/C27H34FNO4/c1-26-17-21(19-8-4-3-5-9-19)18-27(33-26,14-15-30)13-12-23(25(26)32)29(2)24(31)16-20-10-6-7-11-22(20)28/h3-11,21,23,25,30,32H,12-18H2,1-2H3/t21-,23+,25-,26+,27-/m1/s1. The third-order valence-corrected chi connectivity index (χ3v) is 7.63. The van der Waals surface area contributed by atoms with Crippen LogP contribution < -0.4 is 0 Å². The molecular formula is C27H34FNO4. The summed E-state index contributed by atoms with van der Waals surface area (Å²) in [5.41, 5.74) is 0.109. The van der Waals surface area contributed by atoms with E-state index in [1.165, 1.54) is 11.6 Å². The maximum Gasteiger partial charge on any atom is 0.227 e. The van der Waals surface area contributed by atoms with Gasteiger partial charge in [0, 0.05) is 13.7 Å². The van der Waals surface area contributed by atoms with Crippen LogP contribution in [0.2, 0.25) is 0 Å². The molecule has 5 nitrogen and oxygen atoms in total. The molecule has 0 aliphatic carbocycles. The first-order valence-electron chi connectivity index (χ1n) is 11.8. The summed E-state index contributed by atoms with van der Waals surface area (Å²) in [4.78, 5) is 14.6. The number of aliphatic hydroxyl groups is 2. The fraction of sp³-hybridized carbons (Fsp3) is 0.519. The summed E-state index contributed by atoms with van der Waals surface area (Å²) in [6, 6.07) is 16.1. The van der Waals surface area contributed by atoms with Gasteiger partial charge in [0.15, 0.2) is 0 Å². The number of rotatable bonds is 6. The number of ether oxygens (including phenoxy) is 1. The minimum atomic E-state index is -0.904. The largest absolute Gasteiger partial charge is 0.396 e. The lowest BCUT2D eigenvalue weighted by molar-refractivity contribution is -0.226. The molecule has 178 valence electrons. The Bertz CT molecular complexity index is 970. The van der Waals surface area contributed by atoms with Gasteiger partial charge in [0.2, 0.25) is 5.91 Å². The van der Waals surface area contributed by atoms with Gasteiger partial charge in [-0.15, -0.1) is 0 Å². The number of hydrogen-bond donors (Lipinski definition) is 2. The number of hydrogen-bond acceptors (Lipinski definition) is 4. The third kappa shape index (κ3) is 4.84. The molecule has 6 heteroatoms. The number of benzene rings is 2. The van der Waals surface area contributed by atoms with Crippen molar-refractivity contribution in [2.75, 3.05) is 13.7 Å². The molecule has 2 heterocycles. The lowest BCUT2D eigenvalue weighted by Gasteiger charge is -2.50. The second-order valence-electron chi connectivity index (χ2n) is 9.91. The van der Waals surface area contributed by atoms with Crippen molar-refractivity contribution in [2.45, 2.75) is 74.7 Å². The molecule has 4 rings (SSSR count). The Morgan fingerprint density at radius 3 is 2.55 bits per heavy atom. The smallest absolute Gasteiger partial charge is 0.227 e. The maximum atomic E-state index is 14.1. The van der Waals surface area contributed by atoms with Gasteiger partial charge in [-0.05, 0) is 62.1 Å². The first-order chi connectivity index (χ1) is 15.8. The van der Waals surface area contributed by atoms with Crippen LogP contribution in [0.15, 0.2) is 54.6 Å². The predicted molar refractivity (Wildman–Crippen MR) is 124 cm³/mol. The molecule has 0 radical (unpaired) electrons. The Morgan fingerprint density at radius 1 is 1.15 bits per heavy atom. The molecule has 0 aromatic heterocycles. The van der Waals surface area contributed by atoms with E-state index in [1.807, 2.05) is 25.1 Å². The molecule has 2 aliphatic heterocycles. The summed E-state index contributed by atoms with van der Waals surface area (Å²) < 4.78 is 20.7. The summed E-state index contributed by atoms with van der Waals surface area (Å²) in [5.74, 6) is -0.455. The summed E-state index contributed by atoms with van der Waals surface area (Å²) in [7, 11) is 1.68. The highest BCUT2D eigenvalue weighted by Gasteiger charge is 2.55. The molecule has 33 heavy (non-hydrogen) atoms. The number of halogens is 1. The topological polar surface area (TPSA) is 70.0 Å². The molecule has 1 amide bonds. The van der Waals surface area contributed by atoms with Crippen molar-refractivity contribution in [3.63, 3.8) is 0 Å². The fourth-order valence-corrected chi connectivity index (χ4v) is 5.86. The van der Waals surface area contributed by atoms with E-state index in [2.05, 4.69) is 12.1 Å². The van der Waals surface area contributed by atoms with Gasteiger partial charge in [0.25, 0.3) is 0 Å². The molecule has 2 fully saturated rings. The normalized spacial score (nSPS) is 31.6. The molecule has 2 aliphatic rings. The first kappa shape index (κ1) is 23.9. The van der Waals surface area contributed by atoms with Crippen molar-refractivity contribution in [1.82, 2.24) is 4.90 Å². The zero-order chi connectivity index (χ0) is 23.6. The lowest BCUT2D eigenvalue weighted by Crippen LogP contribution is -2.58. The SMILES string of the molecule is CN(C(=O)Cc1ccccc1F)[C@H]1CC[C@@]2(CCO)C[C@H](c3ccccc3)C[C@](C)(O2)[C@@H]1O. The number of nitrogens with zero attached hydrogens (tertiary/aromatic N) is 1. The molecule has 5 atom stereocenters. The Balaban J connectivity index is 1.60. The Morgan fingerprint density at radius 2 is 1.85 bits per heavy atom. The van der Waals surface area contributed by atoms with Crippen molar-refractivity contribution in [3.8, 4) is 0 Å². The van der Waals surface area contributed by atoms with E-state index < -0.39 is 29.2 Å². The van der Waals surface area contributed by atoms with E-state index in [1.54, 1.807) is 30.1 Å². The Kier molecular flexibility index (Phi) is 6.89. The number of likely N-dealkylation sites (N-methyl/N-ethyl adjacent to an activating group) is 1. The molecule has 2 aromatic rings. The van der Waals surface area contributed by atoms with Gasteiger partial charge in [-0.3, -0.25) is 4.79 Å². The highest BCUT2D eigenvalue weighted by molar-refractivity contribution is 5.79. The van der Waals surface area contributed by atoms with Crippen LogP contribution in [0.25, 0.3) is 0 Å². The summed E-state index contributed by atoms with van der Waals surface area (Å²) >= 11 is 0. The summed E-state index contributed by atoms with van der Waals surface area (Å²) in [6.45, 7) is 1.92. The van der Waals surface area contributed by atoms with Crippen molar-refractivity contribution >= 4 is 5.91 Å². The van der Waals surface area contributed by atoms with Gasteiger partial charge < -0.3 is 19.8 Å². The number of fused-ring (bicyclic) bond motifs is 2. The number of aliphatic hydroxyl groups excluding tert-OH is 2. The van der Waals surface area contributed by atoms with E-state index in [0.717, 1.165) is 6.42 Å². The van der Waals surface area contributed by atoms with Crippen LogP contribution in [-0.2, 0) is 16.0 Å². The molecule has 2 aromatic carbocycles. The second-order valence-corrected chi connectivity index (χ2v) is 9.91. The second kappa shape index (κ2) is 9.53. The molecular weight excluding hydrogens is 421 g/mol. The minimum absolute atomic E-state index is 0.000402. The van der Waals surface area contributed by atoms with Gasteiger partial charge in [0.05, 0.1) is 23.7 Å². The first-order valence-corrected chi connectivity index (χ1v) is 11.8.